The van der Waals surface area contributed by atoms with Crippen LogP contribution in [0.2, 0.25) is 0 Å². The van der Waals surface area contributed by atoms with Gasteiger partial charge in [0.2, 0.25) is 0 Å². The SMILES string of the molecule is CC(=O)OCC(COc1ccc(C(C)(C)c2ccc(OCC(CCl)OC(C)=O)c(C)c2)cc1C)OC(C)=O. The molecule has 0 amide bonds. The lowest BCUT2D eigenvalue weighted by molar-refractivity contribution is -0.158. The van der Waals surface area contributed by atoms with Gasteiger partial charge in [-0.3, -0.25) is 14.4 Å². The van der Waals surface area contributed by atoms with Crippen LogP contribution in [-0.4, -0.2) is 55.8 Å². The van der Waals surface area contributed by atoms with E-state index >= 15 is 0 Å². The quantitative estimate of drug-likeness (QED) is 0.195. The number of rotatable bonds is 13. The third-order valence-electron chi connectivity index (χ3n) is 5.95. The monoisotopic (exact) mass is 548 g/mol. The van der Waals surface area contributed by atoms with Crippen LogP contribution in [0.3, 0.4) is 0 Å². The lowest BCUT2D eigenvalue weighted by Gasteiger charge is -2.28. The van der Waals surface area contributed by atoms with Crippen molar-refractivity contribution >= 4 is 29.5 Å². The molecule has 0 fully saturated rings. The Morgan fingerprint density at radius 3 is 1.58 bits per heavy atom. The van der Waals surface area contributed by atoms with E-state index in [1.807, 2.05) is 38.1 Å². The van der Waals surface area contributed by atoms with Crippen molar-refractivity contribution in [2.24, 2.45) is 0 Å². The van der Waals surface area contributed by atoms with Crippen LogP contribution in [0.25, 0.3) is 0 Å². The third-order valence-corrected chi connectivity index (χ3v) is 6.30. The second-order valence-corrected chi connectivity index (χ2v) is 9.94. The average molecular weight is 549 g/mol. The van der Waals surface area contributed by atoms with Crippen LogP contribution in [0.5, 0.6) is 11.5 Å². The van der Waals surface area contributed by atoms with Crippen molar-refractivity contribution in [3.05, 3.63) is 58.7 Å². The second kappa shape index (κ2) is 14.0. The summed E-state index contributed by atoms with van der Waals surface area (Å²) in [6.45, 7) is 12.3. The maximum atomic E-state index is 11.4. The molecule has 8 nitrogen and oxygen atoms in total. The number of esters is 3. The van der Waals surface area contributed by atoms with E-state index in [4.69, 9.17) is 35.3 Å². The van der Waals surface area contributed by atoms with Crippen molar-refractivity contribution in [1.29, 1.82) is 0 Å². The number of halogens is 1. The molecular weight excluding hydrogens is 512 g/mol. The Morgan fingerprint density at radius 1 is 0.737 bits per heavy atom. The number of carbonyl (C=O) groups is 3. The number of benzene rings is 2. The van der Waals surface area contributed by atoms with Gasteiger partial charge in [0.1, 0.15) is 37.4 Å². The van der Waals surface area contributed by atoms with Crippen LogP contribution >= 0.6 is 11.6 Å². The van der Waals surface area contributed by atoms with Gasteiger partial charge in [0.25, 0.3) is 0 Å². The predicted molar refractivity (Wildman–Crippen MR) is 144 cm³/mol. The van der Waals surface area contributed by atoms with Crippen molar-refractivity contribution < 1.29 is 38.1 Å². The largest absolute Gasteiger partial charge is 0.489 e. The summed E-state index contributed by atoms with van der Waals surface area (Å²) in [4.78, 5) is 33.7. The molecule has 0 N–H and O–H groups in total. The zero-order valence-electron chi connectivity index (χ0n) is 23.1. The van der Waals surface area contributed by atoms with Crippen molar-refractivity contribution in [1.82, 2.24) is 0 Å². The Bertz CT molecular complexity index is 1130. The first kappa shape index (κ1) is 31.0. The van der Waals surface area contributed by atoms with Gasteiger partial charge < -0.3 is 23.7 Å². The van der Waals surface area contributed by atoms with Gasteiger partial charge in [-0.2, -0.15) is 0 Å². The van der Waals surface area contributed by atoms with Gasteiger partial charge in [-0.25, -0.2) is 0 Å². The summed E-state index contributed by atoms with van der Waals surface area (Å²) in [5, 5.41) is 0. The van der Waals surface area contributed by atoms with Gasteiger partial charge in [0, 0.05) is 26.2 Å². The molecule has 0 saturated carbocycles. The fourth-order valence-corrected chi connectivity index (χ4v) is 3.99. The Balaban J connectivity index is 2.13. The van der Waals surface area contributed by atoms with Crippen molar-refractivity contribution in [2.45, 2.75) is 66.1 Å². The minimum Gasteiger partial charge on any atom is -0.489 e. The summed E-state index contributed by atoms with van der Waals surface area (Å²) < 4.78 is 27.1. The molecule has 9 heteroatoms. The molecule has 2 atom stereocenters. The summed E-state index contributed by atoms with van der Waals surface area (Å²) in [7, 11) is 0. The summed E-state index contributed by atoms with van der Waals surface area (Å²) in [6, 6.07) is 12.0. The Kier molecular flexibility index (Phi) is 11.4. The number of aryl methyl sites for hydroxylation is 2. The first-order valence-electron chi connectivity index (χ1n) is 12.3. The molecule has 208 valence electrons. The van der Waals surface area contributed by atoms with Gasteiger partial charge in [-0.05, 0) is 48.2 Å². The van der Waals surface area contributed by atoms with E-state index in [0.29, 0.717) is 11.5 Å². The maximum absolute atomic E-state index is 11.4. The molecule has 0 saturated heterocycles. The highest BCUT2D eigenvalue weighted by Gasteiger charge is 2.25. The van der Waals surface area contributed by atoms with Gasteiger partial charge in [0.15, 0.2) is 6.10 Å². The highest BCUT2D eigenvalue weighted by molar-refractivity contribution is 6.18. The third kappa shape index (κ3) is 9.24. The van der Waals surface area contributed by atoms with E-state index in [1.54, 1.807) is 0 Å². The zero-order chi connectivity index (χ0) is 28.5. The minimum absolute atomic E-state index is 0.0547. The molecule has 2 aromatic rings. The zero-order valence-corrected chi connectivity index (χ0v) is 23.8. The van der Waals surface area contributed by atoms with Crippen LogP contribution in [-0.2, 0) is 34.0 Å². The van der Waals surface area contributed by atoms with Crippen LogP contribution in [0.4, 0.5) is 0 Å². The minimum atomic E-state index is -0.704. The standard InChI is InChI=1S/C29H37ClO8/c1-18-12-23(8-10-27(18)35-15-25(14-30)37-21(4)32)29(6,7)24-9-11-28(19(2)13-24)36-17-26(38-22(5)33)16-34-20(3)31/h8-13,25-26H,14-17H2,1-7H3. The number of alkyl halides is 1. The Hall–Kier alpha value is -3.26. The van der Waals surface area contributed by atoms with E-state index in [1.165, 1.54) is 20.8 Å². The van der Waals surface area contributed by atoms with Gasteiger partial charge >= 0.3 is 17.9 Å². The fourth-order valence-electron chi connectivity index (χ4n) is 3.84. The van der Waals surface area contributed by atoms with E-state index in [0.717, 1.165) is 22.3 Å². The van der Waals surface area contributed by atoms with Crippen LogP contribution in [0, 0.1) is 13.8 Å². The first-order chi connectivity index (χ1) is 17.8. The first-order valence-corrected chi connectivity index (χ1v) is 12.9. The summed E-state index contributed by atoms with van der Waals surface area (Å²) in [5.74, 6) is 0.162. The lowest BCUT2D eigenvalue weighted by Crippen LogP contribution is -2.30. The summed E-state index contributed by atoms with van der Waals surface area (Å²) >= 11 is 5.87. The number of hydrogen-bond donors (Lipinski definition) is 0. The van der Waals surface area contributed by atoms with Crippen molar-refractivity contribution in [3.63, 3.8) is 0 Å². The molecule has 2 aromatic carbocycles. The highest BCUT2D eigenvalue weighted by atomic mass is 35.5. The van der Waals surface area contributed by atoms with E-state index < -0.39 is 30.1 Å². The number of ether oxygens (including phenoxy) is 5. The molecule has 38 heavy (non-hydrogen) atoms. The smallest absolute Gasteiger partial charge is 0.303 e. The molecule has 0 spiro atoms. The Labute approximate surface area is 229 Å². The van der Waals surface area contributed by atoms with Crippen LogP contribution < -0.4 is 9.47 Å². The van der Waals surface area contributed by atoms with Crippen LogP contribution in [0.15, 0.2) is 36.4 Å². The molecule has 2 rings (SSSR count). The normalized spacial score (nSPS) is 12.7. The van der Waals surface area contributed by atoms with Gasteiger partial charge in [-0.15, -0.1) is 11.6 Å². The molecule has 0 heterocycles. The predicted octanol–water partition coefficient (Wildman–Crippen LogP) is 5.05. The van der Waals surface area contributed by atoms with Crippen molar-refractivity contribution in [3.8, 4) is 11.5 Å². The highest BCUT2D eigenvalue weighted by Crippen LogP contribution is 2.36. The van der Waals surface area contributed by atoms with Gasteiger partial charge in [0.05, 0.1) is 5.88 Å². The molecule has 0 aliphatic rings. The molecule has 0 aliphatic carbocycles. The number of carbonyl (C=O) groups excluding carboxylic acids is 3. The molecule has 0 aromatic heterocycles. The molecule has 2 unspecified atom stereocenters. The molecule has 0 radical (unpaired) electrons. The molecule has 0 bridgehead atoms. The summed E-state index contributed by atoms with van der Waals surface area (Å²) in [6.07, 6.45) is -1.22. The average Bonchev–Trinajstić information content (AvgIpc) is 2.83. The van der Waals surface area contributed by atoms with Gasteiger partial charge in [-0.1, -0.05) is 38.1 Å². The van der Waals surface area contributed by atoms with E-state index in [2.05, 4.69) is 26.0 Å². The Morgan fingerprint density at radius 2 is 1.18 bits per heavy atom. The molecular formula is C29H37ClO8. The second-order valence-electron chi connectivity index (χ2n) is 9.63. The van der Waals surface area contributed by atoms with Crippen LogP contribution in [0.1, 0.15) is 56.9 Å². The van der Waals surface area contributed by atoms with E-state index in [-0.39, 0.29) is 31.1 Å². The van der Waals surface area contributed by atoms with Crippen molar-refractivity contribution in [2.75, 3.05) is 25.7 Å². The summed E-state index contributed by atoms with van der Waals surface area (Å²) in [5.41, 5.74) is 3.73. The molecule has 0 aliphatic heterocycles. The number of hydrogen-bond acceptors (Lipinski definition) is 8. The fraction of sp³-hybridized carbons (Fsp3) is 0.483. The lowest BCUT2D eigenvalue weighted by atomic mass is 9.77. The van der Waals surface area contributed by atoms with E-state index in [9.17, 15) is 14.4 Å². The topological polar surface area (TPSA) is 97.4 Å². The maximum Gasteiger partial charge on any atom is 0.303 e.